The number of hydrogen-bond donors (Lipinski definition) is 3. The topological polar surface area (TPSA) is 85.4 Å². The molecular formula is C9H13N3O3. The zero-order valence-corrected chi connectivity index (χ0v) is 8.79. The van der Waals surface area contributed by atoms with Crippen LogP contribution in [0.2, 0.25) is 0 Å². The molecule has 1 heterocycles. The van der Waals surface area contributed by atoms with E-state index in [0.717, 1.165) is 0 Å². The van der Waals surface area contributed by atoms with Crippen LogP contribution < -0.4 is 5.32 Å². The molecule has 82 valence electrons. The van der Waals surface area contributed by atoms with Gasteiger partial charge in [-0.15, -0.1) is 0 Å². The lowest BCUT2D eigenvalue weighted by atomic mass is 10.3. The Labute approximate surface area is 86.9 Å². The van der Waals surface area contributed by atoms with Gasteiger partial charge in [0.2, 0.25) is 0 Å². The van der Waals surface area contributed by atoms with Crippen LogP contribution >= 0.6 is 0 Å². The monoisotopic (exact) mass is 211 g/mol. The fourth-order valence-electron chi connectivity index (χ4n) is 1.08. The average Bonchev–Trinajstić information content (AvgIpc) is 2.46. The summed E-state index contributed by atoms with van der Waals surface area (Å²) >= 11 is 0. The number of urea groups is 1. The molecule has 6 heteroatoms. The van der Waals surface area contributed by atoms with E-state index in [4.69, 9.17) is 5.11 Å². The minimum absolute atomic E-state index is 0.0114. The lowest BCUT2D eigenvalue weighted by molar-refractivity contribution is 0.0692. The molecular weight excluding hydrogens is 198 g/mol. The predicted octanol–water partition coefficient (Wildman–Crippen LogP) is 1.11. The van der Waals surface area contributed by atoms with E-state index in [1.54, 1.807) is 27.1 Å². The number of H-pyrrole nitrogens is 1. The quantitative estimate of drug-likeness (QED) is 0.685. The van der Waals surface area contributed by atoms with Crippen molar-refractivity contribution in [2.24, 2.45) is 0 Å². The van der Waals surface area contributed by atoms with Crippen molar-refractivity contribution in [3.63, 3.8) is 0 Å². The number of carbonyl (C=O) groups is 2. The summed E-state index contributed by atoms with van der Waals surface area (Å²) in [5, 5.41) is 11.3. The third kappa shape index (κ3) is 2.49. The van der Waals surface area contributed by atoms with E-state index in [1.165, 1.54) is 4.90 Å². The zero-order valence-electron chi connectivity index (χ0n) is 8.79. The first-order chi connectivity index (χ1) is 6.91. The minimum atomic E-state index is -1.10. The van der Waals surface area contributed by atoms with Gasteiger partial charge in [-0.05, 0) is 13.0 Å². The van der Waals surface area contributed by atoms with Gasteiger partial charge >= 0.3 is 12.0 Å². The minimum Gasteiger partial charge on any atom is -0.477 e. The van der Waals surface area contributed by atoms with E-state index >= 15 is 0 Å². The van der Waals surface area contributed by atoms with Crippen molar-refractivity contribution in [3.05, 3.63) is 17.5 Å². The maximum absolute atomic E-state index is 11.3. The average molecular weight is 211 g/mol. The summed E-state index contributed by atoms with van der Waals surface area (Å²) in [4.78, 5) is 26.1. The van der Waals surface area contributed by atoms with Gasteiger partial charge in [0.25, 0.3) is 0 Å². The molecule has 0 saturated carbocycles. The molecule has 3 N–H and O–H groups in total. The maximum atomic E-state index is 11.3. The first-order valence-electron chi connectivity index (χ1n) is 4.33. The van der Waals surface area contributed by atoms with Gasteiger partial charge in [-0.3, -0.25) is 0 Å². The number of anilines is 1. The summed E-state index contributed by atoms with van der Waals surface area (Å²) in [7, 11) is 3.16. The second-order valence-corrected chi connectivity index (χ2v) is 3.37. The van der Waals surface area contributed by atoms with Crippen molar-refractivity contribution in [2.75, 3.05) is 19.4 Å². The number of nitrogens with zero attached hydrogens (tertiary/aromatic N) is 1. The number of aromatic amines is 1. The number of rotatable bonds is 2. The molecule has 0 aliphatic carbocycles. The Morgan fingerprint density at radius 3 is 2.53 bits per heavy atom. The molecule has 1 rings (SSSR count). The SMILES string of the molecule is Cc1cc(NC(=O)N(C)C)c(C(=O)O)[nH]1. The Hall–Kier alpha value is -1.98. The molecule has 0 unspecified atom stereocenters. The highest BCUT2D eigenvalue weighted by molar-refractivity contribution is 5.98. The van der Waals surface area contributed by atoms with E-state index < -0.39 is 5.97 Å². The first-order valence-corrected chi connectivity index (χ1v) is 4.33. The number of hydrogen-bond acceptors (Lipinski definition) is 2. The Bertz CT molecular complexity index is 395. The van der Waals surface area contributed by atoms with E-state index in [1.807, 2.05) is 0 Å². The number of carboxylic acids is 1. The highest BCUT2D eigenvalue weighted by Gasteiger charge is 2.15. The van der Waals surface area contributed by atoms with Crippen molar-refractivity contribution in [1.29, 1.82) is 0 Å². The molecule has 0 spiro atoms. The van der Waals surface area contributed by atoms with E-state index in [9.17, 15) is 9.59 Å². The lowest BCUT2D eigenvalue weighted by Gasteiger charge is -2.11. The molecule has 6 nitrogen and oxygen atoms in total. The fraction of sp³-hybridized carbons (Fsp3) is 0.333. The number of carboxylic acid groups (broad SMARTS) is 1. The molecule has 0 aliphatic rings. The third-order valence-electron chi connectivity index (χ3n) is 1.81. The van der Waals surface area contributed by atoms with Gasteiger partial charge in [0.1, 0.15) is 5.69 Å². The van der Waals surface area contributed by atoms with Crippen LogP contribution in [0.3, 0.4) is 0 Å². The van der Waals surface area contributed by atoms with Crippen molar-refractivity contribution in [3.8, 4) is 0 Å². The molecule has 0 aromatic carbocycles. The number of amides is 2. The standard InChI is InChI=1S/C9H13N3O3/c1-5-4-6(7(10-5)8(13)14)11-9(15)12(2)3/h4,10H,1-3H3,(H,11,15)(H,13,14). The normalized spacial score (nSPS) is 9.80. The summed E-state index contributed by atoms with van der Waals surface area (Å²) in [5.74, 6) is -1.10. The Balaban J connectivity index is 2.94. The van der Waals surface area contributed by atoms with Crippen molar-refractivity contribution < 1.29 is 14.7 Å². The molecule has 0 atom stereocenters. The molecule has 2 amide bonds. The van der Waals surface area contributed by atoms with Crippen LogP contribution in [0.15, 0.2) is 6.07 Å². The molecule has 0 aliphatic heterocycles. The Morgan fingerprint density at radius 2 is 2.07 bits per heavy atom. The van der Waals surface area contributed by atoms with Gasteiger partial charge in [0.05, 0.1) is 5.69 Å². The van der Waals surface area contributed by atoms with Crippen LogP contribution in [0.4, 0.5) is 10.5 Å². The van der Waals surface area contributed by atoms with Crippen LogP contribution in [-0.2, 0) is 0 Å². The first kappa shape index (κ1) is 11.1. The Morgan fingerprint density at radius 1 is 1.47 bits per heavy atom. The molecule has 1 aromatic rings. The van der Waals surface area contributed by atoms with Gasteiger partial charge in [-0.2, -0.15) is 0 Å². The molecule has 1 aromatic heterocycles. The smallest absolute Gasteiger partial charge is 0.354 e. The lowest BCUT2D eigenvalue weighted by Crippen LogP contribution is -2.27. The number of carbonyl (C=O) groups excluding carboxylic acids is 1. The molecule has 0 radical (unpaired) electrons. The molecule has 0 saturated heterocycles. The van der Waals surface area contributed by atoms with Gasteiger partial charge in [0, 0.05) is 19.8 Å². The van der Waals surface area contributed by atoms with Gasteiger partial charge < -0.3 is 20.3 Å². The van der Waals surface area contributed by atoms with E-state index in [2.05, 4.69) is 10.3 Å². The highest BCUT2D eigenvalue weighted by atomic mass is 16.4. The van der Waals surface area contributed by atoms with E-state index in [0.29, 0.717) is 5.69 Å². The summed E-state index contributed by atoms with van der Waals surface area (Å²) in [6, 6.07) is 1.21. The second-order valence-electron chi connectivity index (χ2n) is 3.37. The van der Waals surface area contributed by atoms with Crippen LogP contribution in [-0.4, -0.2) is 41.1 Å². The maximum Gasteiger partial charge on any atom is 0.354 e. The number of aromatic nitrogens is 1. The largest absolute Gasteiger partial charge is 0.477 e. The van der Waals surface area contributed by atoms with Crippen molar-refractivity contribution in [2.45, 2.75) is 6.92 Å². The van der Waals surface area contributed by atoms with Crippen LogP contribution in [0.5, 0.6) is 0 Å². The summed E-state index contributed by atoms with van der Waals surface area (Å²) in [5.41, 5.74) is 0.947. The second kappa shape index (κ2) is 4.04. The number of nitrogens with one attached hydrogen (secondary N) is 2. The third-order valence-corrected chi connectivity index (χ3v) is 1.81. The summed E-state index contributed by atoms with van der Waals surface area (Å²) in [6.07, 6.45) is 0. The summed E-state index contributed by atoms with van der Waals surface area (Å²) < 4.78 is 0. The molecule has 15 heavy (non-hydrogen) atoms. The molecule has 0 bridgehead atoms. The van der Waals surface area contributed by atoms with E-state index in [-0.39, 0.29) is 17.4 Å². The van der Waals surface area contributed by atoms with Gasteiger partial charge in [-0.25, -0.2) is 9.59 Å². The van der Waals surface area contributed by atoms with Crippen LogP contribution in [0.1, 0.15) is 16.2 Å². The molecule has 0 fully saturated rings. The van der Waals surface area contributed by atoms with Crippen molar-refractivity contribution in [1.82, 2.24) is 9.88 Å². The van der Waals surface area contributed by atoms with Gasteiger partial charge in [0.15, 0.2) is 0 Å². The fourth-order valence-corrected chi connectivity index (χ4v) is 1.08. The predicted molar refractivity (Wildman–Crippen MR) is 55.2 cm³/mol. The van der Waals surface area contributed by atoms with Gasteiger partial charge in [-0.1, -0.05) is 0 Å². The van der Waals surface area contributed by atoms with Crippen LogP contribution in [0, 0.1) is 6.92 Å². The number of aromatic carboxylic acids is 1. The highest BCUT2D eigenvalue weighted by Crippen LogP contribution is 2.16. The Kier molecular flexibility index (Phi) is 2.99. The summed E-state index contributed by atoms with van der Waals surface area (Å²) in [6.45, 7) is 1.72. The zero-order chi connectivity index (χ0) is 11.6. The van der Waals surface area contributed by atoms with Crippen LogP contribution in [0.25, 0.3) is 0 Å². The number of aryl methyl sites for hydroxylation is 1. The van der Waals surface area contributed by atoms with Crippen molar-refractivity contribution >= 4 is 17.7 Å².